The first-order valence-corrected chi connectivity index (χ1v) is 11.4. The molecule has 30 heavy (non-hydrogen) atoms. The zero-order chi connectivity index (χ0) is 20.9. The van der Waals surface area contributed by atoms with E-state index in [1.165, 1.54) is 0 Å². The maximum atomic E-state index is 12.1. The lowest BCUT2D eigenvalue weighted by Gasteiger charge is -2.41. The summed E-state index contributed by atoms with van der Waals surface area (Å²) in [6.45, 7) is 0. The number of hydrogen-bond acceptors (Lipinski definition) is 4. The predicted octanol–water partition coefficient (Wildman–Crippen LogP) is 6.31. The Morgan fingerprint density at radius 3 is 1.27 bits per heavy atom. The fourth-order valence-corrected chi connectivity index (χ4v) is 4.68. The highest BCUT2D eigenvalue weighted by Gasteiger charge is 2.48. The summed E-state index contributed by atoms with van der Waals surface area (Å²) in [7, 11) is 0. The van der Waals surface area contributed by atoms with E-state index < -0.39 is 11.2 Å². The average molecular weight is 431 g/mol. The highest BCUT2D eigenvalue weighted by Crippen LogP contribution is 2.44. The van der Waals surface area contributed by atoms with Gasteiger partial charge in [0.1, 0.15) is 11.2 Å². The molecule has 2 N–H and O–H groups in total. The first kappa shape index (κ1) is 20.5. The molecule has 0 aliphatic rings. The molecule has 2 heterocycles. The second-order valence-electron chi connectivity index (χ2n) is 6.96. The molecule has 0 fully saturated rings. The van der Waals surface area contributed by atoms with Gasteiger partial charge in [0, 0.05) is 9.75 Å². The molecule has 0 saturated heterocycles. The van der Waals surface area contributed by atoms with E-state index in [-0.39, 0.29) is 0 Å². The molecular formula is C26H22O2S2. The van der Waals surface area contributed by atoms with Gasteiger partial charge in [0.2, 0.25) is 0 Å². The van der Waals surface area contributed by atoms with Gasteiger partial charge in [0.05, 0.1) is 0 Å². The molecule has 2 atom stereocenters. The molecule has 2 unspecified atom stereocenters. The van der Waals surface area contributed by atoms with E-state index in [0.717, 1.165) is 9.75 Å². The maximum Gasteiger partial charge on any atom is 0.144 e. The molecule has 4 aromatic rings. The van der Waals surface area contributed by atoms with Crippen LogP contribution in [0.2, 0.25) is 0 Å². The van der Waals surface area contributed by atoms with Gasteiger partial charge in [-0.1, -0.05) is 72.8 Å². The van der Waals surface area contributed by atoms with Crippen molar-refractivity contribution in [3.8, 4) is 0 Å². The summed E-state index contributed by atoms with van der Waals surface area (Å²) < 4.78 is 0. The minimum Gasteiger partial charge on any atom is -0.377 e. The molecule has 2 aromatic heterocycles. The van der Waals surface area contributed by atoms with Gasteiger partial charge in [-0.2, -0.15) is 0 Å². The number of rotatable bonds is 7. The van der Waals surface area contributed by atoms with Crippen LogP contribution >= 0.6 is 22.7 Å². The minimum absolute atomic E-state index is 0.611. The van der Waals surface area contributed by atoms with Crippen LogP contribution in [0.3, 0.4) is 0 Å². The second-order valence-corrected chi connectivity index (χ2v) is 8.92. The molecule has 0 spiro atoms. The minimum atomic E-state index is -1.69. The smallest absolute Gasteiger partial charge is 0.144 e. The zero-order valence-electron chi connectivity index (χ0n) is 16.3. The topological polar surface area (TPSA) is 40.5 Å². The first-order valence-electron chi connectivity index (χ1n) is 9.63. The van der Waals surface area contributed by atoms with Gasteiger partial charge in [0.25, 0.3) is 0 Å². The van der Waals surface area contributed by atoms with E-state index >= 15 is 0 Å². The van der Waals surface area contributed by atoms with E-state index in [2.05, 4.69) is 0 Å². The van der Waals surface area contributed by atoms with Crippen molar-refractivity contribution in [1.29, 1.82) is 0 Å². The monoisotopic (exact) mass is 430 g/mol. The highest BCUT2D eigenvalue weighted by atomic mass is 32.1. The van der Waals surface area contributed by atoms with Crippen molar-refractivity contribution in [2.45, 2.75) is 11.2 Å². The summed E-state index contributed by atoms with van der Waals surface area (Å²) in [5.74, 6) is 0. The zero-order valence-corrected chi connectivity index (χ0v) is 17.9. The Morgan fingerprint density at radius 1 is 0.533 bits per heavy atom. The summed E-state index contributed by atoms with van der Waals surface area (Å²) in [6.07, 6.45) is 7.12. The molecule has 0 saturated carbocycles. The number of aliphatic hydroxyl groups is 2. The summed E-state index contributed by atoms with van der Waals surface area (Å²) >= 11 is 3.16. The standard InChI is InChI=1S/C26H22O2S2/c27-25(21-9-3-1-4-10-21,17-15-23-13-7-19-29-23)26(28,22-11-5-2-6-12-22)18-16-24-14-8-20-30-24/h1-20,27-28H. The third-order valence-electron chi connectivity index (χ3n) is 5.07. The highest BCUT2D eigenvalue weighted by molar-refractivity contribution is 7.11. The van der Waals surface area contributed by atoms with Crippen LogP contribution in [0.15, 0.2) is 108 Å². The van der Waals surface area contributed by atoms with Gasteiger partial charge in [-0.05, 0) is 58.3 Å². The number of hydrogen-bond donors (Lipinski definition) is 2. The van der Waals surface area contributed by atoms with Crippen molar-refractivity contribution in [1.82, 2.24) is 0 Å². The van der Waals surface area contributed by atoms with Crippen molar-refractivity contribution < 1.29 is 10.2 Å². The summed E-state index contributed by atoms with van der Waals surface area (Å²) in [5, 5.41) is 28.2. The molecule has 0 amide bonds. The molecule has 0 aliphatic heterocycles. The molecule has 0 aliphatic carbocycles. The molecule has 150 valence electrons. The lowest BCUT2D eigenvalue weighted by Crippen LogP contribution is -2.47. The van der Waals surface area contributed by atoms with Crippen molar-refractivity contribution in [3.63, 3.8) is 0 Å². The van der Waals surface area contributed by atoms with E-state index in [1.54, 1.807) is 34.8 Å². The lowest BCUT2D eigenvalue weighted by molar-refractivity contribution is -0.102. The Labute approximate surface area is 184 Å². The molecular weight excluding hydrogens is 408 g/mol. The summed E-state index contributed by atoms with van der Waals surface area (Å²) in [4.78, 5) is 2.00. The molecule has 0 radical (unpaired) electrons. The third-order valence-corrected chi connectivity index (χ3v) is 6.75. The normalized spacial score (nSPS) is 15.9. The van der Waals surface area contributed by atoms with Crippen LogP contribution in [-0.2, 0) is 11.2 Å². The summed E-state index contributed by atoms with van der Waals surface area (Å²) in [6, 6.07) is 26.5. The molecule has 4 heteroatoms. The van der Waals surface area contributed by atoms with E-state index in [0.29, 0.717) is 11.1 Å². The van der Waals surface area contributed by atoms with Crippen molar-refractivity contribution in [3.05, 3.63) is 129 Å². The van der Waals surface area contributed by atoms with Crippen LogP contribution in [0, 0.1) is 0 Å². The predicted molar refractivity (Wildman–Crippen MR) is 127 cm³/mol. The maximum absolute atomic E-state index is 12.1. The van der Waals surface area contributed by atoms with Crippen LogP contribution in [-0.4, -0.2) is 10.2 Å². The molecule has 0 bridgehead atoms. The fraction of sp³-hybridized carbons (Fsp3) is 0.0769. The Morgan fingerprint density at radius 2 is 0.933 bits per heavy atom. The van der Waals surface area contributed by atoms with Gasteiger partial charge < -0.3 is 10.2 Å². The summed E-state index contributed by atoms with van der Waals surface area (Å²) in [5.41, 5.74) is -2.15. The average Bonchev–Trinajstić information content (AvgIpc) is 3.51. The molecule has 2 aromatic carbocycles. The Balaban J connectivity index is 1.90. The van der Waals surface area contributed by atoms with E-state index in [4.69, 9.17) is 0 Å². The SMILES string of the molecule is OC(C=Cc1cccs1)(c1ccccc1)C(O)(C=Cc1cccs1)c1ccccc1. The van der Waals surface area contributed by atoms with Crippen LogP contribution < -0.4 is 0 Å². The van der Waals surface area contributed by atoms with Crippen LogP contribution in [0.4, 0.5) is 0 Å². The van der Waals surface area contributed by atoms with Crippen LogP contribution in [0.5, 0.6) is 0 Å². The van der Waals surface area contributed by atoms with Gasteiger partial charge in [-0.15, -0.1) is 22.7 Å². The Bertz CT molecular complexity index is 1010. The van der Waals surface area contributed by atoms with Gasteiger partial charge in [-0.25, -0.2) is 0 Å². The first-order chi connectivity index (χ1) is 14.6. The van der Waals surface area contributed by atoms with Gasteiger partial charge in [0.15, 0.2) is 0 Å². The second kappa shape index (κ2) is 8.94. The van der Waals surface area contributed by atoms with Crippen molar-refractivity contribution in [2.24, 2.45) is 0 Å². The largest absolute Gasteiger partial charge is 0.377 e. The molecule has 2 nitrogen and oxygen atoms in total. The fourth-order valence-electron chi connectivity index (χ4n) is 3.45. The van der Waals surface area contributed by atoms with Crippen molar-refractivity contribution >= 4 is 34.8 Å². The Kier molecular flexibility index (Phi) is 6.11. The molecule has 4 rings (SSSR count). The van der Waals surface area contributed by atoms with Gasteiger partial charge in [-0.3, -0.25) is 0 Å². The quantitative estimate of drug-likeness (QED) is 0.361. The number of benzene rings is 2. The van der Waals surface area contributed by atoms with Crippen molar-refractivity contribution in [2.75, 3.05) is 0 Å². The van der Waals surface area contributed by atoms with Gasteiger partial charge >= 0.3 is 0 Å². The number of thiophene rings is 2. The third kappa shape index (κ3) is 4.09. The van der Waals surface area contributed by atoms with Crippen LogP contribution in [0.1, 0.15) is 20.9 Å². The van der Waals surface area contributed by atoms with Crippen LogP contribution in [0.25, 0.3) is 12.2 Å². The Hall–Kier alpha value is -2.76. The van der Waals surface area contributed by atoms with E-state index in [1.807, 2.05) is 108 Å². The lowest BCUT2D eigenvalue weighted by atomic mass is 9.72. The van der Waals surface area contributed by atoms with E-state index in [9.17, 15) is 10.2 Å².